The van der Waals surface area contributed by atoms with Gasteiger partial charge in [0.05, 0.1) is 28.3 Å². The lowest BCUT2D eigenvalue weighted by molar-refractivity contribution is 1.04. The third-order valence-corrected chi connectivity index (χ3v) is 11.9. The zero-order valence-electron chi connectivity index (χ0n) is 34.0. The van der Waals surface area contributed by atoms with Gasteiger partial charge in [0.1, 0.15) is 0 Å². The highest BCUT2D eigenvalue weighted by atomic mass is 15.2. The smallest absolute Gasteiger partial charge is 0.0641 e. The second-order valence-electron chi connectivity index (χ2n) is 15.3. The number of hydrogen-bond acceptors (Lipinski definition) is 1. The Morgan fingerprint density at radius 2 is 1.08 bits per heavy atom. The molecule has 0 bridgehead atoms. The van der Waals surface area contributed by atoms with Gasteiger partial charge in [-0.05, 0) is 96.3 Å². The van der Waals surface area contributed by atoms with Crippen LogP contribution < -0.4 is 4.90 Å². The van der Waals surface area contributed by atoms with Gasteiger partial charge in [0.2, 0.25) is 0 Å². The topological polar surface area (TPSA) is 13.1 Å². The Hall–Kier alpha value is -7.62. The fourth-order valence-electron chi connectivity index (χ4n) is 9.23. The van der Waals surface area contributed by atoms with Crippen LogP contribution in [-0.4, -0.2) is 9.13 Å². The molecule has 0 aliphatic carbocycles. The predicted molar refractivity (Wildman–Crippen MR) is 257 cm³/mol. The van der Waals surface area contributed by atoms with Crippen molar-refractivity contribution in [2.24, 2.45) is 0 Å². The van der Waals surface area contributed by atoms with Gasteiger partial charge in [-0.3, -0.25) is 0 Å². The molecular formula is C57H45N3. The van der Waals surface area contributed by atoms with E-state index in [1.165, 1.54) is 38.9 Å². The van der Waals surface area contributed by atoms with E-state index in [1.54, 1.807) is 0 Å². The Kier molecular flexibility index (Phi) is 9.35. The van der Waals surface area contributed by atoms with Crippen LogP contribution in [0.25, 0.3) is 85.1 Å². The Bertz CT molecular complexity index is 3090. The molecule has 3 heterocycles. The lowest BCUT2D eigenvalue weighted by Gasteiger charge is -2.30. The van der Waals surface area contributed by atoms with Crippen molar-refractivity contribution in [3.8, 4) is 56.0 Å². The maximum atomic E-state index is 4.17. The average Bonchev–Trinajstić information content (AvgIpc) is 3.75. The maximum absolute atomic E-state index is 4.17. The summed E-state index contributed by atoms with van der Waals surface area (Å²) in [5, 5.41) is 1.23. The molecule has 9 aromatic rings. The third kappa shape index (κ3) is 5.89. The molecule has 7 aromatic carbocycles. The quantitative estimate of drug-likeness (QED) is 0.142. The first-order chi connectivity index (χ1) is 29.6. The van der Waals surface area contributed by atoms with Crippen molar-refractivity contribution in [1.29, 1.82) is 0 Å². The van der Waals surface area contributed by atoms with Gasteiger partial charge in [-0.2, -0.15) is 0 Å². The van der Waals surface area contributed by atoms with Crippen molar-refractivity contribution in [2.75, 3.05) is 4.90 Å². The summed E-state index contributed by atoms with van der Waals surface area (Å²) < 4.78 is 4.75. The molecule has 0 atom stereocenters. The number of hydrogen-bond donors (Lipinski definition) is 0. The van der Waals surface area contributed by atoms with Crippen molar-refractivity contribution < 1.29 is 0 Å². The van der Waals surface area contributed by atoms with E-state index in [2.05, 4.69) is 229 Å². The molecule has 288 valence electrons. The molecule has 1 aliphatic rings. The lowest BCUT2D eigenvalue weighted by Crippen LogP contribution is -2.12. The van der Waals surface area contributed by atoms with Crippen molar-refractivity contribution in [2.45, 2.75) is 20.3 Å². The molecule has 60 heavy (non-hydrogen) atoms. The first-order valence-electron chi connectivity index (χ1n) is 20.8. The minimum absolute atomic E-state index is 0.967. The molecule has 0 unspecified atom stereocenters. The highest BCUT2D eigenvalue weighted by Gasteiger charge is 2.33. The number of para-hydroxylation sites is 5. The molecule has 3 heteroatoms. The summed E-state index contributed by atoms with van der Waals surface area (Å²) in [5.41, 5.74) is 20.8. The summed E-state index contributed by atoms with van der Waals surface area (Å²) in [5.74, 6) is 0. The van der Waals surface area contributed by atoms with Crippen LogP contribution in [0.3, 0.4) is 0 Å². The average molecular weight is 772 g/mol. The number of rotatable bonds is 9. The Balaban J connectivity index is 1.14. The lowest BCUT2D eigenvalue weighted by atomic mass is 9.94. The van der Waals surface area contributed by atoms with E-state index in [0.29, 0.717) is 0 Å². The monoisotopic (exact) mass is 771 g/mol. The highest BCUT2D eigenvalue weighted by Crippen LogP contribution is 2.56. The van der Waals surface area contributed by atoms with Crippen LogP contribution in [0, 0.1) is 6.92 Å². The van der Waals surface area contributed by atoms with Crippen LogP contribution in [0.5, 0.6) is 0 Å². The number of anilines is 3. The molecule has 0 fully saturated rings. The molecule has 3 nitrogen and oxygen atoms in total. The Labute approximate surface area is 352 Å². The summed E-state index contributed by atoms with van der Waals surface area (Å²) in [6.45, 7) is 12.6. The van der Waals surface area contributed by atoms with Gasteiger partial charge in [-0.1, -0.05) is 160 Å². The molecule has 2 aromatic heterocycles. The number of nitrogens with zero attached hydrogens (tertiary/aromatic N) is 3. The summed E-state index contributed by atoms with van der Waals surface area (Å²) in [4.78, 5) is 2.47. The molecule has 0 saturated heterocycles. The normalized spacial score (nSPS) is 11.9. The van der Waals surface area contributed by atoms with E-state index in [9.17, 15) is 0 Å². The summed E-state index contributed by atoms with van der Waals surface area (Å²) in [7, 11) is 0. The van der Waals surface area contributed by atoms with E-state index in [4.69, 9.17) is 0 Å². The standard InChI is InChI=1S/C57H45N3/c1-5-8-28-52-39(4)46(6-2)51(7-3)58(52)45-37-35-41(36-38-45)40-31-33-42(34-32-40)47-26-19-27-50-56(47)59(43-20-11-9-12-21-43)53-29-17-15-24-48(53)55-49-25-16-18-30-54(49)60(57(50)55)44-22-13-10-14-23-44/h6-38H,2-3,5H2,1,4H3/b28-8-. The number of fused-ring (bicyclic) bond motifs is 7. The number of allylic oxidation sites excluding steroid dienone is 1. The first-order valence-corrected chi connectivity index (χ1v) is 20.8. The van der Waals surface area contributed by atoms with Crippen molar-refractivity contribution in [3.05, 3.63) is 218 Å². The van der Waals surface area contributed by atoms with E-state index in [1.807, 2.05) is 12.2 Å². The van der Waals surface area contributed by atoms with E-state index in [0.717, 1.165) is 74.1 Å². The molecule has 0 radical (unpaired) electrons. The van der Waals surface area contributed by atoms with Crippen LogP contribution in [0.2, 0.25) is 0 Å². The van der Waals surface area contributed by atoms with Gasteiger partial charge in [0.25, 0.3) is 0 Å². The van der Waals surface area contributed by atoms with Gasteiger partial charge >= 0.3 is 0 Å². The second-order valence-corrected chi connectivity index (χ2v) is 15.3. The highest BCUT2D eigenvalue weighted by molar-refractivity contribution is 6.14. The van der Waals surface area contributed by atoms with Crippen LogP contribution in [0.1, 0.15) is 35.9 Å². The SMILES string of the molecule is C=Cc1c(C)c(/C=C\CC)n(-c2ccc(-c3ccc(-c4cccc5c4N(c4ccccc4)c4ccccc4-c4c-5n(-c5ccccc5)c5ccccc45)cc3)cc2)c1C=C. The van der Waals surface area contributed by atoms with Crippen LogP contribution in [-0.2, 0) is 0 Å². The fourth-order valence-corrected chi connectivity index (χ4v) is 9.23. The molecule has 1 aliphatic heterocycles. The molecule has 0 spiro atoms. The maximum Gasteiger partial charge on any atom is 0.0641 e. The summed E-state index contributed by atoms with van der Waals surface area (Å²) in [6, 6.07) is 64.0. The van der Waals surface area contributed by atoms with Gasteiger partial charge in [-0.15, -0.1) is 0 Å². The van der Waals surface area contributed by atoms with Crippen molar-refractivity contribution >= 4 is 46.2 Å². The number of aromatic nitrogens is 2. The Morgan fingerprint density at radius 1 is 0.500 bits per heavy atom. The predicted octanol–water partition coefficient (Wildman–Crippen LogP) is 15.9. The molecular weight excluding hydrogens is 727 g/mol. The largest absolute Gasteiger partial charge is 0.310 e. The second kappa shape index (κ2) is 15.3. The van der Waals surface area contributed by atoms with E-state index >= 15 is 0 Å². The Morgan fingerprint density at radius 3 is 1.78 bits per heavy atom. The zero-order chi connectivity index (χ0) is 40.7. The van der Waals surface area contributed by atoms with E-state index < -0.39 is 0 Å². The zero-order valence-corrected chi connectivity index (χ0v) is 34.0. The molecule has 10 rings (SSSR count). The van der Waals surface area contributed by atoms with Gasteiger partial charge < -0.3 is 14.0 Å². The first kappa shape index (κ1) is 36.7. The van der Waals surface area contributed by atoms with Gasteiger partial charge in [0.15, 0.2) is 0 Å². The molecule has 0 N–H and O–H groups in total. The van der Waals surface area contributed by atoms with Gasteiger partial charge in [-0.25, -0.2) is 0 Å². The summed E-state index contributed by atoms with van der Waals surface area (Å²) >= 11 is 0. The minimum Gasteiger partial charge on any atom is -0.310 e. The minimum atomic E-state index is 0.967. The summed E-state index contributed by atoms with van der Waals surface area (Å²) in [6.07, 6.45) is 9.26. The van der Waals surface area contributed by atoms with E-state index in [-0.39, 0.29) is 0 Å². The van der Waals surface area contributed by atoms with Crippen molar-refractivity contribution in [1.82, 2.24) is 9.13 Å². The van der Waals surface area contributed by atoms with Crippen LogP contribution >= 0.6 is 0 Å². The molecule has 0 saturated carbocycles. The van der Waals surface area contributed by atoms with Crippen molar-refractivity contribution in [3.63, 3.8) is 0 Å². The van der Waals surface area contributed by atoms with Crippen LogP contribution in [0.15, 0.2) is 195 Å². The van der Waals surface area contributed by atoms with Gasteiger partial charge in [0, 0.05) is 56.0 Å². The fraction of sp³-hybridized carbons (Fsp3) is 0.0526. The van der Waals surface area contributed by atoms with Crippen LogP contribution in [0.4, 0.5) is 17.1 Å². The number of benzene rings is 7. The molecule has 0 amide bonds. The third-order valence-electron chi connectivity index (χ3n) is 11.9.